The highest BCUT2D eigenvalue weighted by atomic mass is 35.5. The van der Waals surface area contributed by atoms with Crippen molar-refractivity contribution in [2.45, 2.75) is 11.1 Å². The summed E-state index contributed by atoms with van der Waals surface area (Å²) in [4.78, 5) is 7.81. The molecule has 0 saturated heterocycles. The van der Waals surface area contributed by atoms with E-state index in [9.17, 15) is 21.6 Å². The Morgan fingerprint density at radius 3 is 2.57 bits per heavy atom. The Balaban J connectivity index is 1.72. The van der Waals surface area contributed by atoms with Crippen molar-refractivity contribution < 1.29 is 26.3 Å². The molecule has 6 nitrogen and oxygen atoms in total. The molecule has 2 aromatic heterocycles. The van der Waals surface area contributed by atoms with Crippen LogP contribution >= 0.6 is 11.6 Å². The lowest BCUT2D eigenvalue weighted by molar-refractivity contribution is -0.153. The molecule has 0 atom stereocenters. The molecule has 0 aliphatic rings. The zero-order valence-corrected chi connectivity index (χ0v) is 19.2. The fourth-order valence-electron chi connectivity index (χ4n) is 3.11. The summed E-state index contributed by atoms with van der Waals surface area (Å²) in [6.07, 6.45) is -0.0613. The van der Waals surface area contributed by atoms with Gasteiger partial charge in [0, 0.05) is 34.6 Å². The van der Waals surface area contributed by atoms with E-state index in [1.165, 1.54) is 36.5 Å². The van der Waals surface area contributed by atoms with Crippen molar-refractivity contribution in [3.8, 4) is 17.6 Å². The number of sulfonamides is 1. The zero-order valence-electron chi connectivity index (χ0n) is 17.7. The minimum Gasteiger partial charge on any atom is -0.483 e. The van der Waals surface area contributed by atoms with Gasteiger partial charge < -0.3 is 4.74 Å². The van der Waals surface area contributed by atoms with Gasteiger partial charge in [0.2, 0.25) is 0 Å². The number of halogens is 4. The molecule has 0 aliphatic carbocycles. The highest BCUT2D eigenvalue weighted by Crippen LogP contribution is 2.32. The summed E-state index contributed by atoms with van der Waals surface area (Å²) in [6, 6.07) is 13.1. The van der Waals surface area contributed by atoms with Crippen LogP contribution in [0.3, 0.4) is 0 Å². The monoisotopic (exact) mass is 517 g/mol. The van der Waals surface area contributed by atoms with E-state index < -0.39 is 22.8 Å². The molecule has 0 saturated carbocycles. The van der Waals surface area contributed by atoms with Gasteiger partial charge in [0.05, 0.1) is 16.8 Å². The van der Waals surface area contributed by atoms with Gasteiger partial charge in [-0.25, -0.2) is 8.42 Å². The first kappa shape index (κ1) is 24.3. The number of ether oxygens (including phenoxy) is 1. The summed E-state index contributed by atoms with van der Waals surface area (Å²) < 4.78 is 71.8. The molecule has 0 bridgehead atoms. The van der Waals surface area contributed by atoms with Crippen molar-refractivity contribution in [3.05, 3.63) is 89.3 Å². The van der Waals surface area contributed by atoms with Gasteiger partial charge in [-0.15, -0.1) is 0 Å². The molecule has 4 aromatic rings. The standard InChI is InChI=1S/C24H15ClF3N3O3S/c25-18-7-8-20(17(13-18)6-5-16-3-1-11-29-14-16)31-35(32,33)22-10-9-21(34-15-24(26,27)28)19-4-2-12-30-23(19)22/h1-4,7-14,31H,15H2. The first-order valence-electron chi connectivity index (χ1n) is 9.94. The largest absolute Gasteiger partial charge is 0.483 e. The highest BCUT2D eigenvalue weighted by Gasteiger charge is 2.29. The molecule has 0 unspecified atom stereocenters. The Labute approximate surface area is 203 Å². The molecule has 35 heavy (non-hydrogen) atoms. The van der Waals surface area contributed by atoms with Crippen LogP contribution in [-0.4, -0.2) is 31.2 Å². The number of aromatic nitrogens is 2. The molecule has 11 heteroatoms. The average molecular weight is 518 g/mol. The second kappa shape index (κ2) is 9.82. The van der Waals surface area contributed by atoms with Crippen molar-refractivity contribution in [3.63, 3.8) is 0 Å². The lowest BCUT2D eigenvalue weighted by atomic mass is 10.1. The predicted octanol–water partition coefficient (Wildman–Crippen LogP) is 5.42. The predicted molar refractivity (Wildman–Crippen MR) is 126 cm³/mol. The van der Waals surface area contributed by atoms with E-state index in [1.54, 1.807) is 24.5 Å². The van der Waals surface area contributed by atoms with Gasteiger partial charge in [0.1, 0.15) is 10.6 Å². The summed E-state index contributed by atoms with van der Waals surface area (Å²) in [7, 11) is -4.23. The fraction of sp³-hybridized carbons (Fsp3) is 0.0833. The van der Waals surface area contributed by atoms with Crippen LogP contribution in [0.5, 0.6) is 5.75 Å². The summed E-state index contributed by atoms with van der Waals surface area (Å²) >= 11 is 6.08. The Morgan fingerprint density at radius 2 is 1.83 bits per heavy atom. The van der Waals surface area contributed by atoms with Crippen molar-refractivity contribution in [1.82, 2.24) is 9.97 Å². The lowest BCUT2D eigenvalue weighted by Crippen LogP contribution is -2.19. The van der Waals surface area contributed by atoms with Crippen molar-refractivity contribution in [1.29, 1.82) is 0 Å². The third-order valence-corrected chi connectivity index (χ3v) is 6.23. The molecule has 0 radical (unpaired) electrons. The molecular weight excluding hydrogens is 503 g/mol. The van der Waals surface area contributed by atoms with Crippen molar-refractivity contribution in [2.75, 3.05) is 11.3 Å². The van der Waals surface area contributed by atoms with E-state index in [2.05, 4.69) is 26.5 Å². The first-order valence-corrected chi connectivity index (χ1v) is 11.8. The topological polar surface area (TPSA) is 81.2 Å². The Bertz CT molecular complexity index is 1550. The molecule has 0 spiro atoms. The molecule has 2 heterocycles. The number of hydrogen-bond donors (Lipinski definition) is 1. The number of pyridine rings is 2. The number of nitrogens with zero attached hydrogens (tertiary/aromatic N) is 2. The van der Waals surface area contributed by atoms with Crippen molar-refractivity contribution >= 4 is 38.2 Å². The van der Waals surface area contributed by atoms with Gasteiger partial charge >= 0.3 is 6.18 Å². The highest BCUT2D eigenvalue weighted by molar-refractivity contribution is 7.93. The molecule has 1 N–H and O–H groups in total. The third kappa shape index (κ3) is 6.01. The summed E-state index contributed by atoms with van der Waals surface area (Å²) in [5, 5.41) is 0.467. The SMILES string of the molecule is O=S(=O)(Nc1ccc(Cl)cc1C#Cc1cccnc1)c1ccc(OCC(F)(F)F)c2cccnc12. The Morgan fingerprint density at radius 1 is 1.03 bits per heavy atom. The second-order valence-corrected chi connectivity index (χ2v) is 9.24. The minimum atomic E-state index is -4.55. The third-order valence-electron chi connectivity index (χ3n) is 4.60. The van der Waals surface area contributed by atoms with Crippen LogP contribution in [0.4, 0.5) is 18.9 Å². The Hall–Kier alpha value is -3.81. The minimum absolute atomic E-state index is 0.0448. The molecule has 0 amide bonds. The molecule has 178 valence electrons. The van der Waals surface area contributed by atoms with E-state index in [1.807, 2.05) is 0 Å². The van der Waals surface area contributed by atoms with Gasteiger partial charge in [-0.1, -0.05) is 23.4 Å². The van der Waals surface area contributed by atoms with E-state index in [0.717, 1.165) is 12.1 Å². The number of nitrogens with one attached hydrogen (secondary N) is 1. The number of benzene rings is 2. The van der Waals surface area contributed by atoms with Crippen LogP contribution in [0.1, 0.15) is 11.1 Å². The van der Waals surface area contributed by atoms with Crippen LogP contribution < -0.4 is 9.46 Å². The van der Waals surface area contributed by atoms with E-state index in [-0.39, 0.29) is 27.2 Å². The maximum atomic E-state index is 13.3. The average Bonchev–Trinajstić information content (AvgIpc) is 2.82. The van der Waals surface area contributed by atoms with Gasteiger partial charge in [-0.2, -0.15) is 13.2 Å². The molecule has 0 fully saturated rings. The maximum absolute atomic E-state index is 13.3. The molecule has 2 aromatic carbocycles. The van der Waals surface area contributed by atoms with Crippen LogP contribution in [-0.2, 0) is 10.0 Å². The Kier molecular flexibility index (Phi) is 6.82. The molecule has 4 rings (SSSR count). The second-order valence-electron chi connectivity index (χ2n) is 7.15. The van der Waals surface area contributed by atoms with Crippen LogP contribution in [0.15, 0.2) is 78.1 Å². The van der Waals surface area contributed by atoms with E-state index in [4.69, 9.17) is 16.3 Å². The number of fused-ring (bicyclic) bond motifs is 1. The molecule has 0 aliphatic heterocycles. The maximum Gasteiger partial charge on any atom is 0.422 e. The molecular formula is C24H15ClF3N3O3S. The number of alkyl halides is 3. The van der Waals surface area contributed by atoms with Crippen LogP contribution in [0.25, 0.3) is 10.9 Å². The zero-order chi connectivity index (χ0) is 25.1. The van der Waals surface area contributed by atoms with Gasteiger partial charge in [-0.3, -0.25) is 14.7 Å². The fourth-order valence-corrected chi connectivity index (χ4v) is 4.52. The van der Waals surface area contributed by atoms with E-state index in [0.29, 0.717) is 16.1 Å². The van der Waals surface area contributed by atoms with Crippen molar-refractivity contribution in [2.24, 2.45) is 0 Å². The number of anilines is 1. The summed E-state index contributed by atoms with van der Waals surface area (Å²) in [5.74, 6) is 5.63. The van der Waals surface area contributed by atoms with E-state index >= 15 is 0 Å². The smallest absolute Gasteiger partial charge is 0.422 e. The number of hydrogen-bond acceptors (Lipinski definition) is 5. The lowest BCUT2D eigenvalue weighted by Gasteiger charge is -2.15. The van der Waals surface area contributed by atoms with Gasteiger partial charge in [0.15, 0.2) is 6.61 Å². The first-order chi connectivity index (χ1) is 16.6. The summed E-state index contributed by atoms with van der Waals surface area (Å²) in [6.45, 7) is -1.52. The normalized spacial score (nSPS) is 11.5. The number of rotatable bonds is 5. The van der Waals surface area contributed by atoms with Gasteiger partial charge in [-0.05, 0) is 54.6 Å². The van der Waals surface area contributed by atoms with Gasteiger partial charge in [0.25, 0.3) is 10.0 Å². The quantitative estimate of drug-likeness (QED) is 0.357. The van der Waals surface area contributed by atoms with Crippen LogP contribution in [0.2, 0.25) is 5.02 Å². The van der Waals surface area contributed by atoms with Crippen LogP contribution in [0, 0.1) is 11.8 Å². The summed E-state index contributed by atoms with van der Waals surface area (Å²) in [5.41, 5.74) is 1.04.